The first-order valence-electron chi connectivity index (χ1n) is 7.00. The lowest BCUT2D eigenvalue weighted by molar-refractivity contribution is -0.159. The van der Waals surface area contributed by atoms with E-state index in [0.29, 0.717) is 5.75 Å². The van der Waals surface area contributed by atoms with E-state index in [4.69, 9.17) is 4.74 Å². The van der Waals surface area contributed by atoms with Gasteiger partial charge in [-0.1, -0.05) is 26.0 Å². The minimum Gasteiger partial charge on any atom is -0.497 e. The summed E-state index contributed by atoms with van der Waals surface area (Å²) in [4.78, 5) is 11.4. The van der Waals surface area contributed by atoms with Gasteiger partial charge in [-0.3, -0.25) is 0 Å². The number of aliphatic carboxylic acids is 1. The number of aliphatic hydroxyl groups is 1. The van der Waals surface area contributed by atoms with Crippen molar-refractivity contribution in [3.8, 4) is 5.75 Å². The maximum Gasteiger partial charge on any atom is 0.336 e. The largest absolute Gasteiger partial charge is 0.497 e. The lowest BCUT2D eigenvalue weighted by Gasteiger charge is -2.31. The monoisotopic (exact) mass is 312 g/mol. The molecule has 0 spiro atoms. The second-order valence-corrected chi connectivity index (χ2v) is 6.96. The molecule has 0 aliphatic rings. The van der Waals surface area contributed by atoms with Crippen LogP contribution in [0.1, 0.15) is 32.8 Å². The van der Waals surface area contributed by atoms with Gasteiger partial charge in [0.2, 0.25) is 0 Å². The fourth-order valence-electron chi connectivity index (χ4n) is 2.13. The van der Waals surface area contributed by atoms with Crippen LogP contribution in [0, 0.1) is 5.92 Å². The van der Waals surface area contributed by atoms with E-state index >= 15 is 0 Å². The van der Waals surface area contributed by atoms with Gasteiger partial charge < -0.3 is 14.9 Å². The standard InChI is InChI=1S/C16H24O4S/c1-11(2)9-16(19,15(17)18)12(3)21-10-13-5-7-14(20-4)8-6-13/h5-8,11-12,19H,9-10H2,1-4H3,(H,17,18). The molecular formula is C16H24O4S. The molecule has 0 saturated carbocycles. The van der Waals surface area contributed by atoms with Crippen LogP contribution in [0.25, 0.3) is 0 Å². The van der Waals surface area contributed by atoms with Crippen LogP contribution in [0.2, 0.25) is 0 Å². The van der Waals surface area contributed by atoms with Gasteiger partial charge in [-0.2, -0.15) is 11.8 Å². The summed E-state index contributed by atoms with van der Waals surface area (Å²) < 4.78 is 5.10. The Labute approximate surface area is 130 Å². The van der Waals surface area contributed by atoms with E-state index in [1.807, 2.05) is 38.1 Å². The van der Waals surface area contributed by atoms with Gasteiger partial charge in [0.15, 0.2) is 5.60 Å². The highest BCUT2D eigenvalue weighted by Crippen LogP contribution is 2.32. The van der Waals surface area contributed by atoms with Crippen molar-refractivity contribution in [2.24, 2.45) is 5.92 Å². The van der Waals surface area contributed by atoms with E-state index in [9.17, 15) is 15.0 Å². The summed E-state index contributed by atoms with van der Waals surface area (Å²) in [5.41, 5.74) is -0.615. The number of ether oxygens (including phenoxy) is 1. The van der Waals surface area contributed by atoms with Crippen molar-refractivity contribution < 1.29 is 19.7 Å². The molecule has 1 aromatic rings. The molecule has 2 N–H and O–H groups in total. The fourth-order valence-corrected chi connectivity index (χ4v) is 3.24. The Balaban J connectivity index is 2.68. The zero-order valence-electron chi connectivity index (χ0n) is 13.0. The molecule has 0 bridgehead atoms. The van der Waals surface area contributed by atoms with Gasteiger partial charge >= 0.3 is 5.97 Å². The maximum absolute atomic E-state index is 11.4. The summed E-state index contributed by atoms with van der Waals surface area (Å²) >= 11 is 1.45. The molecule has 4 nitrogen and oxygen atoms in total. The average molecular weight is 312 g/mol. The van der Waals surface area contributed by atoms with E-state index in [1.54, 1.807) is 14.0 Å². The molecule has 0 fully saturated rings. The van der Waals surface area contributed by atoms with Gasteiger partial charge in [0.05, 0.1) is 7.11 Å². The predicted molar refractivity (Wildman–Crippen MR) is 85.8 cm³/mol. The van der Waals surface area contributed by atoms with Gasteiger partial charge in [0.25, 0.3) is 0 Å². The minimum absolute atomic E-state index is 0.120. The van der Waals surface area contributed by atoms with Gasteiger partial charge in [0, 0.05) is 11.0 Å². The van der Waals surface area contributed by atoms with Gasteiger partial charge in [-0.25, -0.2) is 4.79 Å². The van der Waals surface area contributed by atoms with Crippen molar-refractivity contribution in [2.75, 3.05) is 7.11 Å². The van der Waals surface area contributed by atoms with Crippen molar-refractivity contribution in [2.45, 2.75) is 43.8 Å². The first kappa shape index (κ1) is 17.9. The minimum atomic E-state index is -1.69. The summed E-state index contributed by atoms with van der Waals surface area (Å²) in [5.74, 6) is 0.415. The van der Waals surface area contributed by atoms with Crippen LogP contribution < -0.4 is 4.74 Å². The molecule has 0 radical (unpaired) electrons. The molecule has 1 rings (SSSR count). The third-order valence-corrected chi connectivity index (χ3v) is 4.81. The number of methoxy groups -OCH3 is 1. The summed E-state index contributed by atoms with van der Waals surface area (Å²) in [6.45, 7) is 5.59. The summed E-state index contributed by atoms with van der Waals surface area (Å²) in [5, 5.41) is 19.4. The van der Waals surface area contributed by atoms with Crippen LogP contribution in [-0.4, -0.2) is 34.1 Å². The number of carboxylic acid groups (broad SMARTS) is 1. The first-order valence-corrected chi connectivity index (χ1v) is 8.04. The zero-order chi connectivity index (χ0) is 16.0. The second kappa shape index (κ2) is 7.71. The number of carbonyl (C=O) groups is 1. The van der Waals surface area contributed by atoms with Crippen LogP contribution in [0.5, 0.6) is 5.75 Å². The lowest BCUT2D eigenvalue weighted by Crippen LogP contribution is -2.47. The third kappa shape index (κ3) is 4.93. The number of rotatable bonds is 8. The molecule has 21 heavy (non-hydrogen) atoms. The normalized spacial score (nSPS) is 15.5. The van der Waals surface area contributed by atoms with Crippen molar-refractivity contribution in [3.05, 3.63) is 29.8 Å². The summed E-state index contributed by atoms with van der Waals surface area (Å²) in [6, 6.07) is 7.64. The summed E-state index contributed by atoms with van der Waals surface area (Å²) in [7, 11) is 1.62. The molecule has 0 saturated heterocycles. The predicted octanol–water partition coefficient (Wildman–Crippen LogP) is 3.18. The number of hydrogen-bond donors (Lipinski definition) is 2. The van der Waals surface area contributed by atoms with E-state index < -0.39 is 11.6 Å². The van der Waals surface area contributed by atoms with Crippen LogP contribution in [0.3, 0.4) is 0 Å². The van der Waals surface area contributed by atoms with Crippen LogP contribution >= 0.6 is 11.8 Å². The maximum atomic E-state index is 11.4. The van der Waals surface area contributed by atoms with E-state index in [-0.39, 0.29) is 17.6 Å². The highest BCUT2D eigenvalue weighted by molar-refractivity contribution is 7.99. The Bertz CT molecular complexity index is 458. The van der Waals surface area contributed by atoms with Crippen molar-refractivity contribution in [1.82, 2.24) is 0 Å². The Morgan fingerprint density at radius 2 is 1.86 bits per heavy atom. The zero-order valence-corrected chi connectivity index (χ0v) is 13.8. The number of benzene rings is 1. The molecule has 2 unspecified atom stereocenters. The molecule has 0 heterocycles. The van der Waals surface area contributed by atoms with Crippen LogP contribution in [0.4, 0.5) is 0 Å². The Hall–Kier alpha value is -1.20. The van der Waals surface area contributed by atoms with Crippen molar-refractivity contribution in [1.29, 1.82) is 0 Å². The topological polar surface area (TPSA) is 66.8 Å². The SMILES string of the molecule is COc1ccc(CSC(C)C(O)(CC(C)C)C(=O)O)cc1. The molecular weight excluding hydrogens is 288 g/mol. The van der Waals surface area contributed by atoms with Crippen LogP contribution in [0.15, 0.2) is 24.3 Å². The van der Waals surface area contributed by atoms with E-state index in [1.165, 1.54) is 11.8 Å². The van der Waals surface area contributed by atoms with E-state index in [0.717, 1.165) is 11.3 Å². The molecule has 2 atom stereocenters. The van der Waals surface area contributed by atoms with Gasteiger partial charge in [0.1, 0.15) is 5.75 Å². The lowest BCUT2D eigenvalue weighted by atomic mass is 9.90. The van der Waals surface area contributed by atoms with Crippen LogP contribution in [-0.2, 0) is 10.5 Å². The smallest absolute Gasteiger partial charge is 0.336 e. The molecule has 5 heteroatoms. The molecule has 0 aliphatic carbocycles. The molecule has 0 aliphatic heterocycles. The molecule has 118 valence electrons. The second-order valence-electron chi connectivity index (χ2n) is 5.63. The fraction of sp³-hybridized carbons (Fsp3) is 0.562. The Kier molecular flexibility index (Phi) is 6.55. The van der Waals surface area contributed by atoms with E-state index in [2.05, 4.69) is 0 Å². The Morgan fingerprint density at radius 3 is 2.29 bits per heavy atom. The van der Waals surface area contributed by atoms with Crippen molar-refractivity contribution in [3.63, 3.8) is 0 Å². The Morgan fingerprint density at radius 1 is 1.29 bits per heavy atom. The number of thioether (sulfide) groups is 1. The van der Waals surface area contributed by atoms with Gasteiger partial charge in [-0.15, -0.1) is 0 Å². The quantitative estimate of drug-likeness (QED) is 0.772. The van der Waals surface area contributed by atoms with Crippen molar-refractivity contribution >= 4 is 17.7 Å². The molecule has 0 amide bonds. The highest BCUT2D eigenvalue weighted by atomic mass is 32.2. The third-order valence-electron chi connectivity index (χ3n) is 3.42. The van der Waals surface area contributed by atoms with Gasteiger partial charge in [-0.05, 0) is 37.0 Å². The number of carboxylic acids is 1. The average Bonchev–Trinajstić information content (AvgIpc) is 2.44. The number of hydrogen-bond acceptors (Lipinski definition) is 4. The first-order chi connectivity index (χ1) is 9.79. The highest BCUT2D eigenvalue weighted by Gasteiger charge is 2.42. The molecule has 0 aromatic heterocycles. The summed E-state index contributed by atoms with van der Waals surface area (Å²) in [6.07, 6.45) is 0.249. The molecule has 1 aromatic carbocycles.